The van der Waals surface area contributed by atoms with Gasteiger partial charge in [0.1, 0.15) is 0 Å². The van der Waals surface area contributed by atoms with Crippen molar-refractivity contribution in [2.75, 3.05) is 30.4 Å². The van der Waals surface area contributed by atoms with Gasteiger partial charge < -0.3 is 15.1 Å². The molecule has 6 nitrogen and oxygen atoms in total. The second-order valence-corrected chi connectivity index (χ2v) is 8.31. The first-order valence-corrected chi connectivity index (χ1v) is 10.3. The Balaban J connectivity index is 1.69. The van der Waals surface area contributed by atoms with Crippen LogP contribution in [0, 0.1) is 6.92 Å². The van der Waals surface area contributed by atoms with Crippen LogP contribution in [0.3, 0.4) is 0 Å². The van der Waals surface area contributed by atoms with Crippen molar-refractivity contribution in [3.05, 3.63) is 57.0 Å². The zero-order valence-electron chi connectivity index (χ0n) is 16.2. The minimum Gasteiger partial charge on any atom is -0.332 e. The van der Waals surface area contributed by atoms with Crippen LogP contribution in [-0.2, 0) is 9.59 Å². The second kappa shape index (κ2) is 8.97. The number of amides is 3. The summed E-state index contributed by atoms with van der Waals surface area (Å²) >= 11 is 9.63. The molecule has 1 heterocycles. The van der Waals surface area contributed by atoms with Crippen LogP contribution >= 0.6 is 27.5 Å². The lowest BCUT2D eigenvalue weighted by molar-refractivity contribution is -0.117. The smallest absolute Gasteiger partial charge is 0.254 e. The molecule has 1 N–H and O–H groups in total. The van der Waals surface area contributed by atoms with Gasteiger partial charge in [0.15, 0.2) is 0 Å². The van der Waals surface area contributed by atoms with E-state index >= 15 is 0 Å². The van der Waals surface area contributed by atoms with Gasteiger partial charge in [-0.05, 0) is 55.3 Å². The molecule has 2 aromatic carbocycles. The number of nitrogens with zero attached hydrogens (tertiary/aromatic N) is 2. The molecule has 1 saturated heterocycles. The van der Waals surface area contributed by atoms with E-state index in [2.05, 4.69) is 21.2 Å². The maximum absolute atomic E-state index is 12.8. The summed E-state index contributed by atoms with van der Waals surface area (Å²) < 4.78 is 0.926. The van der Waals surface area contributed by atoms with Crippen LogP contribution in [0.15, 0.2) is 40.9 Å². The number of carbonyl (C=O) groups is 3. The zero-order valence-corrected chi connectivity index (χ0v) is 18.5. The summed E-state index contributed by atoms with van der Waals surface area (Å²) in [6.45, 7) is 2.38. The summed E-state index contributed by atoms with van der Waals surface area (Å²) in [5.74, 6) is -0.624. The number of halogens is 2. The Hall–Kier alpha value is -2.38. The number of rotatable bonds is 5. The second-order valence-electron chi connectivity index (χ2n) is 6.98. The molecule has 29 heavy (non-hydrogen) atoms. The number of likely N-dealkylation sites (N-methyl/N-ethyl adjacent to an activating group) is 1. The Labute approximate surface area is 182 Å². The highest BCUT2D eigenvalue weighted by Crippen LogP contribution is 2.30. The number of benzene rings is 2. The molecule has 152 valence electrons. The fourth-order valence-electron chi connectivity index (χ4n) is 3.22. The van der Waals surface area contributed by atoms with E-state index in [0.717, 1.165) is 16.5 Å². The monoisotopic (exact) mass is 477 g/mol. The average molecular weight is 479 g/mol. The molecule has 1 aliphatic rings. The molecule has 3 amide bonds. The van der Waals surface area contributed by atoms with Gasteiger partial charge in [-0.2, -0.15) is 0 Å². The molecule has 1 aliphatic heterocycles. The lowest BCUT2D eigenvalue weighted by Crippen LogP contribution is -2.35. The van der Waals surface area contributed by atoms with E-state index in [1.165, 1.54) is 4.90 Å². The van der Waals surface area contributed by atoms with Gasteiger partial charge in [0.05, 0.1) is 17.3 Å². The number of carbonyl (C=O) groups excluding carboxylic acids is 3. The van der Waals surface area contributed by atoms with Gasteiger partial charge >= 0.3 is 0 Å². The van der Waals surface area contributed by atoms with Crippen molar-refractivity contribution in [2.45, 2.75) is 19.8 Å². The Bertz CT molecular complexity index is 980. The van der Waals surface area contributed by atoms with Gasteiger partial charge in [-0.1, -0.05) is 27.5 Å². The molecular weight excluding hydrogens is 458 g/mol. The van der Waals surface area contributed by atoms with Gasteiger partial charge in [-0.25, -0.2) is 0 Å². The van der Waals surface area contributed by atoms with E-state index in [0.29, 0.717) is 34.9 Å². The number of hydrogen-bond acceptors (Lipinski definition) is 3. The molecule has 0 radical (unpaired) electrons. The summed E-state index contributed by atoms with van der Waals surface area (Å²) in [5, 5.41) is 3.24. The third-order valence-corrected chi connectivity index (χ3v) is 5.56. The van der Waals surface area contributed by atoms with Crippen molar-refractivity contribution in [1.82, 2.24) is 4.90 Å². The summed E-state index contributed by atoms with van der Waals surface area (Å²) in [7, 11) is 1.56. The lowest BCUT2D eigenvalue weighted by atomic mass is 10.1. The van der Waals surface area contributed by atoms with Gasteiger partial charge in [0, 0.05) is 35.7 Å². The van der Waals surface area contributed by atoms with Crippen molar-refractivity contribution in [3.8, 4) is 0 Å². The molecule has 3 rings (SSSR count). The predicted octanol–water partition coefficient (Wildman–Crippen LogP) is 4.25. The third-order valence-electron chi connectivity index (χ3n) is 4.75. The van der Waals surface area contributed by atoms with Gasteiger partial charge in [0.2, 0.25) is 11.8 Å². The average Bonchev–Trinajstić information content (AvgIpc) is 3.09. The minimum absolute atomic E-state index is 0.00546. The molecule has 8 heteroatoms. The minimum atomic E-state index is -0.322. The van der Waals surface area contributed by atoms with E-state index in [1.807, 2.05) is 19.1 Å². The standard InChI is InChI=1S/C21H21BrClN3O3/c1-13-10-15(22)6-8-17(13)24-19(27)12-25(2)21(29)14-5-7-16(23)18(11-14)26-9-3-4-20(26)28/h5-8,10-11H,3-4,9,12H2,1-2H3,(H,24,27). The largest absolute Gasteiger partial charge is 0.332 e. The molecule has 2 aromatic rings. The fourth-order valence-corrected chi connectivity index (χ4v) is 3.92. The van der Waals surface area contributed by atoms with E-state index in [-0.39, 0.29) is 24.3 Å². The van der Waals surface area contributed by atoms with E-state index in [9.17, 15) is 14.4 Å². The summed E-state index contributed by atoms with van der Waals surface area (Å²) in [6, 6.07) is 10.4. The summed E-state index contributed by atoms with van der Waals surface area (Å²) in [4.78, 5) is 40.1. The lowest BCUT2D eigenvalue weighted by Gasteiger charge is -2.21. The van der Waals surface area contributed by atoms with Crippen LogP contribution in [-0.4, -0.2) is 42.8 Å². The van der Waals surface area contributed by atoms with E-state index in [1.54, 1.807) is 36.2 Å². The maximum Gasteiger partial charge on any atom is 0.254 e. The number of aryl methyl sites for hydroxylation is 1. The zero-order chi connectivity index (χ0) is 21.1. The van der Waals surface area contributed by atoms with Crippen molar-refractivity contribution < 1.29 is 14.4 Å². The van der Waals surface area contributed by atoms with Crippen molar-refractivity contribution in [2.24, 2.45) is 0 Å². The van der Waals surface area contributed by atoms with E-state index in [4.69, 9.17) is 11.6 Å². The van der Waals surface area contributed by atoms with Crippen LogP contribution < -0.4 is 10.2 Å². The van der Waals surface area contributed by atoms with Gasteiger partial charge in [0.25, 0.3) is 5.91 Å². The molecule has 0 atom stereocenters. The van der Waals surface area contributed by atoms with Gasteiger partial charge in [-0.3, -0.25) is 14.4 Å². The van der Waals surface area contributed by atoms with Crippen LogP contribution in [0.4, 0.5) is 11.4 Å². The number of nitrogens with one attached hydrogen (secondary N) is 1. The Kier molecular flexibility index (Phi) is 6.59. The highest BCUT2D eigenvalue weighted by atomic mass is 79.9. The van der Waals surface area contributed by atoms with Gasteiger partial charge in [-0.15, -0.1) is 0 Å². The quantitative estimate of drug-likeness (QED) is 0.698. The fraction of sp³-hybridized carbons (Fsp3) is 0.286. The molecule has 0 saturated carbocycles. The molecule has 0 bridgehead atoms. The van der Waals surface area contributed by atoms with Crippen LogP contribution in [0.25, 0.3) is 0 Å². The van der Waals surface area contributed by atoms with Crippen molar-refractivity contribution in [3.63, 3.8) is 0 Å². The first kappa shape index (κ1) is 21.3. The SMILES string of the molecule is Cc1cc(Br)ccc1NC(=O)CN(C)C(=O)c1ccc(Cl)c(N2CCCC2=O)c1. The van der Waals surface area contributed by atoms with Crippen LogP contribution in [0.1, 0.15) is 28.8 Å². The first-order valence-electron chi connectivity index (χ1n) is 9.17. The summed E-state index contributed by atoms with van der Waals surface area (Å²) in [5.41, 5.74) is 2.52. The predicted molar refractivity (Wildman–Crippen MR) is 118 cm³/mol. The van der Waals surface area contributed by atoms with Crippen molar-refractivity contribution in [1.29, 1.82) is 0 Å². The number of hydrogen-bond donors (Lipinski definition) is 1. The van der Waals surface area contributed by atoms with Crippen LogP contribution in [0.5, 0.6) is 0 Å². The highest BCUT2D eigenvalue weighted by molar-refractivity contribution is 9.10. The molecule has 0 unspecified atom stereocenters. The van der Waals surface area contributed by atoms with Crippen LogP contribution in [0.2, 0.25) is 5.02 Å². The van der Waals surface area contributed by atoms with Crippen molar-refractivity contribution >= 4 is 56.6 Å². The summed E-state index contributed by atoms with van der Waals surface area (Å²) in [6.07, 6.45) is 1.24. The molecule has 0 aromatic heterocycles. The Morgan fingerprint density at radius 3 is 2.66 bits per heavy atom. The first-order chi connectivity index (χ1) is 13.8. The third kappa shape index (κ3) is 4.97. The maximum atomic E-state index is 12.8. The Morgan fingerprint density at radius 2 is 2.00 bits per heavy atom. The molecule has 1 fully saturated rings. The molecule has 0 aliphatic carbocycles. The van der Waals surface area contributed by atoms with E-state index < -0.39 is 0 Å². The topological polar surface area (TPSA) is 69.7 Å². The molecule has 0 spiro atoms. The Morgan fingerprint density at radius 1 is 1.24 bits per heavy atom. The number of anilines is 2. The highest BCUT2D eigenvalue weighted by Gasteiger charge is 2.25. The molecular formula is C21H21BrClN3O3. The normalized spacial score (nSPS) is 13.5.